The lowest BCUT2D eigenvalue weighted by Crippen LogP contribution is -2.33. The average Bonchev–Trinajstić information content (AvgIpc) is 2.48. The van der Waals surface area contributed by atoms with Crippen LogP contribution in [-0.2, 0) is 0 Å². The Kier molecular flexibility index (Phi) is 5.40. The summed E-state index contributed by atoms with van der Waals surface area (Å²) in [4.78, 5) is 2.31. The van der Waals surface area contributed by atoms with E-state index in [0.29, 0.717) is 6.04 Å². The highest BCUT2D eigenvalue weighted by molar-refractivity contribution is 5.47. The van der Waals surface area contributed by atoms with E-state index in [1.165, 1.54) is 22.4 Å². The Morgan fingerprint density at radius 2 is 1.43 bits per heavy atom. The number of nitrogens with one attached hydrogen (secondary N) is 1. The van der Waals surface area contributed by atoms with Gasteiger partial charge < -0.3 is 10.2 Å². The maximum atomic E-state index is 3.59. The Morgan fingerprint density at radius 3 is 1.95 bits per heavy atom. The first kappa shape index (κ1) is 15.6. The van der Waals surface area contributed by atoms with Gasteiger partial charge in [0.05, 0.1) is 0 Å². The molecule has 2 heteroatoms. The summed E-state index contributed by atoms with van der Waals surface area (Å²) in [5.41, 5.74) is 5.21. The zero-order valence-electron chi connectivity index (χ0n) is 13.6. The normalized spacial score (nSPS) is 12.2. The zero-order valence-corrected chi connectivity index (χ0v) is 13.6. The van der Waals surface area contributed by atoms with Crippen molar-refractivity contribution in [3.8, 4) is 0 Å². The second-order valence-corrected chi connectivity index (χ2v) is 5.74. The Morgan fingerprint density at radius 1 is 0.905 bits per heavy atom. The van der Waals surface area contributed by atoms with Crippen LogP contribution in [-0.4, -0.2) is 20.1 Å². The zero-order chi connectivity index (χ0) is 15.2. The quantitative estimate of drug-likeness (QED) is 0.858. The predicted octanol–water partition coefficient (Wildman–Crippen LogP) is 4.09. The number of benzene rings is 2. The third-order valence-electron chi connectivity index (χ3n) is 3.86. The van der Waals surface area contributed by atoms with Gasteiger partial charge in [-0.15, -0.1) is 0 Å². The van der Waals surface area contributed by atoms with Crippen molar-refractivity contribution in [2.24, 2.45) is 0 Å². The largest absolute Gasteiger partial charge is 0.373 e. The molecule has 0 aromatic heterocycles. The highest BCUT2D eigenvalue weighted by Crippen LogP contribution is 2.19. The van der Waals surface area contributed by atoms with E-state index >= 15 is 0 Å². The van der Waals surface area contributed by atoms with Gasteiger partial charge in [-0.25, -0.2) is 0 Å². The third-order valence-corrected chi connectivity index (χ3v) is 3.86. The summed E-state index contributed by atoms with van der Waals surface area (Å²) in [5.74, 6) is 0. The van der Waals surface area contributed by atoms with Gasteiger partial charge in [-0.1, -0.05) is 54.4 Å². The van der Waals surface area contributed by atoms with Crippen LogP contribution in [0.3, 0.4) is 0 Å². The van der Waals surface area contributed by atoms with Crippen molar-refractivity contribution in [1.82, 2.24) is 5.32 Å². The molecule has 2 aromatic rings. The van der Waals surface area contributed by atoms with Gasteiger partial charge in [-0.3, -0.25) is 0 Å². The van der Waals surface area contributed by atoms with Crippen LogP contribution in [0.4, 0.5) is 5.69 Å². The number of likely N-dealkylation sites (N-methyl/N-ethyl adjacent to an activating group) is 2. The van der Waals surface area contributed by atoms with Crippen molar-refractivity contribution < 1.29 is 0 Å². The molecule has 0 heterocycles. The Bertz CT molecular complexity index is 543. The number of aryl methyl sites for hydroxylation is 2. The van der Waals surface area contributed by atoms with Gasteiger partial charge in [0.2, 0.25) is 0 Å². The first-order chi connectivity index (χ1) is 10.1. The van der Waals surface area contributed by atoms with Crippen molar-refractivity contribution in [3.05, 3.63) is 65.2 Å². The molecule has 0 spiro atoms. The molecule has 21 heavy (non-hydrogen) atoms. The van der Waals surface area contributed by atoms with Gasteiger partial charge in [-0.05, 0) is 38.1 Å². The Balaban J connectivity index is 2.11. The van der Waals surface area contributed by atoms with Crippen LogP contribution in [0.15, 0.2) is 48.5 Å². The van der Waals surface area contributed by atoms with E-state index in [1.807, 2.05) is 0 Å². The molecule has 1 atom stereocenters. The highest BCUT2D eigenvalue weighted by atomic mass is 15.1. The van der Waals surface area contributed by atoms with Gasteiger partial charge in [0.25, 0.3) is 0 Å². The maximum absolute atomic E-state index is 3.59. The van der Waals surface area contributed by atoms with Crippen LogP contribution in [0.2, 0.25) is 0 Å². The fraction of sp³-hybridized carbons (Fsp3) is 0.368. The van der Waals surface area contributed by atoms with Crippen LogP contribution in [0.25, 0.3) is 0 Å². The maximum Gasteiger partial charge on any atom is 0.0498 e. The summed E-state index contributed by atoms with van der Waals surface area (Å²) in [6, 6.07) is 17.9. The van der Waals surface area contributed by atoms with Crippen LogP contribution in [0, 0.1) is 13.8 Å². The number of rotatable bonds is 6. The summed E-state index contributed by atoms with van der Waals surface area (Å²) < 4.78 is 0. The van der Waals surface area contributed by atoms with Gasteiger partial charge in [0.15, 0.2) is 0 Å². The number of nitrogens with zero attached hydrogens (tertiary/aromatic N) is 1. The molecule has 0 fully saturated rings. The summed E-state index contributed by atoms with van der Waals surface area (Å²) >= 11 is 0. The highest BCUT2D eigenvalue weighted by Gasteiger charge is 2.13. The Labute approximate surface area is 128 Å². The number of hydrogen-bond donors (Lipinski definition) is 1. The molecule has 2 aromatic carbocycles. The molecule has 0 aliphatic carbocycles. The molecule has 1 N–H and O–H groups in total. The summed E-state index contributed by atoms with van der Waals surface area (Å²) in [7, 11) is 2.16. The SMILES string of the molecule is CCNC(CN(C)c1ccc(C)cc1)c1ccc(C)cc1. The molecule has 0 radical (unpaired) electrons. The van der Waals surface area contributed by atoms with Crippen molar-refractivity contribution >= 4 is 5.69 Å². The van der Waals surface area contributed by atoms with E-state index in [0.717, 1.165) is 13.1 Å². The summed E-state index contributed by atoms with van der Waals surface area (Å²) in [6.07, 6.45) is 0. The minimum Gasteiger partial charge on any atom is -0.373 e. The molecule has 0 amide bonds. The molecule has 0 saturated carbocycles. The smallest absolute Gasteiger partial charge is 0.0498 e. The molecule has 1 unspecified atom stereocenters. The van der Waals surface area contributed by atoms with E-state index in [9.17, 15) is 0 Å². The van der Waals surface area contributed by atoms with Crippen LogP contribution in [0.1, 0.15) is 29.7 Å². The molecule has 0 aliphatic rings. The second-order valence-electron chi connectivity index (χ2n) is 5.74. The van der Waals surface area contributed by atoms with E-state index < -0.39 is 0 Å². The van der Waals surface area contributed by atoms with Gasteiger partial charge in [-0.2, -0.15) is 0 Å². The van der Waals surface area contributed by atoms with Crippen LogP contribution in [0.5, 0.6) is 0 Å². The lowest BCUT2D eigenvalue weighted by atomic mass is 10.0. The lowest BCUT2D eigenvalue weighted by Gasteiger charge is -2.27. The fourth-order valence-electron chi connectivity index (χ4n) is 2.51. The van der Waals surface area contributed by atoms with E-state index in [1.54, 1.807) is 0 Å². The molecule has 112 valence electrons. The van der Waals surface area contributed by atoms with E-state index in [4.69, 9.17) is 0 Å². The second kappa shape index (κ2) is 7.28. The topological polar surface area (TPSA) is 15.3 Å². The van der Waals surface area contributed by atoms with Gasteiger partial charge >= 0.3 is 0 Å². The third kappa shape index (κ3) is 4.33. The molecular weight excluding hydrogens is 256 g/mol. The number of hydrogen-bond acceptors (Lipinski definition) is 2. The number of anilines is 1. The van der Waals surface area contributed by atoms with E-state index in [-0.39, 0.29) is 0 Å². The minimum atomic E-state index is 0.349. The van der Waals surface area contributed by atoms with Gasteiger partial charge in [0, 0.05) is 25.3 Å². The van der Waals surface area contributed by atoms with Crippen molar-refractivity contribution in [2.75, 3.05) is 25.0 Å². The summed E-state index contributed by atoms with van der Waals surface area (Å²) in [5, 5.41) is 3.59. The van der Waals surface area contributed by atoms with Crippen LogP contribution < -0.4 is 10.2 Å². The predicted molar refractivity (Wildman–Crippen MR) is 92.0 cm³/mol. The minimum absolute atomic E-state index is 0.349. The molecule has 0 aliphatic heterocycles. The first-order valence-electron chi connectivity index (χ1n) is 7.68. The average molecular weight is 282 g/mol. The molecule has 0 bridgehead atoms. The molecule has 2 nitrogen and oxygen atoms in total. The molecule has 0 saturated heterocycles. The van der Waals surface area contributed by atoms with Crippen molar-refractivity contribution in [2.45, 2.75) is 26.8 Å². The lowest BCUT2D eigenvalue weighted by molar-refractivity contribution is 0.550. The fourth-order valence-corrected chi connectivity index (χ4v) is 2.51. The van der Waals surface area contributed by atoms with Crippen molar-refractivity contribution in [3.63, 3.8) is 0 Å². The first-order valence-corrected chi connectivity index (χ1v) is 7.68. The van der Waals surface area contributed by atoms with Crippen LogP contribution >= 0.6 is 0 Å². The standard InChI is InChI=1S/C19H26N2/c1-5-20-19(17-10-6-15(2)7-11-17)14-21(4)18-12-8-16(3)9-13-18/h6-13,19-20H,5,14H2,1-4H3. The monoisotopic (exact) mass is 282 g/mol. The van der Waals surface area contributed by atoms with Crippen molar-refractivity contribution in [1.29, 1.82) is 0 Å². The molecular formula is C19H26N2. The Hall–Kier alpha value is -1.80. The van der Waals surface area contributed by atoms with Gasteiger partial charge in [0.1, 0.15) is 0 Å². The van der Waals surface area contributed by atoms with E-state index in [2.05, 4.69) is 86.6 Å². The molecule has 2 rings (SSSR count). The summed E-state index contributed by atoms with van der Waals surface area (Å²) in [6.45, 7) is 8.34.